The molecule has 6 nitrogen and oxygen atoms in total. The Morgan fingerprint density at radius 2 is 1.54 bits per heavy atom. The molecular weight excluding hydrogens is 396 g/mol. The van der Waals surface area contributed by atoms with Crippen molar-refractivity contribution in [1.82, 2.24) is 0 Å². The summed E-state index contributed by atoms with van der Waals surface area (Å²) in [4.78, 5) is -0.0541. The number of halogens is 1. The van der Waals surface area contributed by atoms with Gasteiger partial charge in [0.25, 0.3) is 10.0 Å². The predicted octanol–water partition coefficient (Wildman–Crippen LogP) is 3.93. The third-order valence-corrected chi connectivity index (χ3v) is 6.39. The Balaban J connectivity index is 2.20. The summed E-state index contributed by atoms with van der Waals surface area (Å²) in [5, 5.41) is 0.400. The van der Waals surface area contributed by atoms with E-state index < -0.39 is 20.0 Å². The van der Waals surface area contributed by atoms with Gasteiger partial charge in [-0.05, 0) is 48.7 Å². The summed E-state index contributed by atoms with van der Waals surface area (Å²) in [5.74, 6) is 0.225. The van der Waals surface area contributed by atoms with Gasteiger partial charge in [-0.25, -0.2) is 16.8 Å². The molecule has 0 bridgehead atoms. The van der Waals surface area contributed by atoms with Crippen molar-refractivity contribution in [3.63, 3.8) is 0 Å². The molecule has 26 heavy (non-hydrogen) atoms. The fraction of sp³-hybridized carbons (Fsp3) is 0.294. The van der Waals surface area contributed by atoms with Crippen LogP contribution in [0.25, 0.3) is 0 Å². The summed E-state index contributed by atoms with van der Waals surface area (Å²) in [6, 6.07) is 12.0. The van der Waals surface area contributed by atoms with Crippen LogP contribution in [-0.2, 0) is 20.0 Å². The zero-order valence-corrected chi connectivity index (χ0v) is 16.8. The molecule has 0 saturated carbocycles. The van der Waals surface area contributed by atoms with E-state index in [-0.39, 0.29) is 22.3 Å². The highest BCUT2D eigenvalue weighted by molar-refractivity contribution is 7.93. The van der Waals surface area contributed by atoms with Crippen molar-refractivity contribution in [2.75, 3.05) is 15.2 Å². The van der Waals surface area contributed by atoms with Crippen molar-refractivity contribution in [2.24, 2.45) is 5.92 Å². The van der Waals surface area contributed by atoms with Crippen LogP contribution in [0.5, 0.6) is 0 Å². The van der Waals surface area contributed by atoms with Crippen molar-refractivity contribution in [2.45, 2.75) is 25.2 Å². The van der Waals surface area contributed by atoms with Gasteiger partial charge in [0.05, 0.1) is 16.3 Å². The maximum atomic E-state index is 12.5. The van der Waals surface area contributed by atoms with Gasteiger partial charge in [-0.3, -0.25) is 9.44 Å². The van der Waals surface area contributed by atoms with E-state index in [2.05, 4.69) is 9.44 Å². The number of nitrogens with one attached hydrogen (secondary N) is 2. The lowest BCUT2D eigenvalue weighted by molar-refractivity contribution is 0.578. The second kappa shape index (κ2) is 8.28. The molecule has 2 rings (SSSR count). The molecule has 0 amide bonds. The van der Waals surface area contributed by atoms with Gasteiger partial charge in [-0.15, -0.1) is 0 Å². The molecule has 0 fully saturated rings. The van der Waals surface area contributed by atoms with Gasteiger partial charge in [0.2, 0.25) is 10.0 Å². The molecule has 9 heteroatoms. The maximum absolute atomic E-state index is 12.5. The molecule has 0 heterocycles. The Morgan fingerprint density at radius 3 is 2.15 bits per heavy atom. The Kier molecular flexibility index (Phi) is 6.54. The van der Waals surface area contributed by atoms with Gasteiger partial charge in [0.1, 0.15) is 0 Å². The summed E-state index contributed by atoms with van der Waals surface area (Å²) in [6.45, 7) is 3.87. The molecule has 2 aromatic carbocycles. The number of hydrogen-bond donors (Lipinski definition) is 2. The molecule has 0 unspecified atom stereocenters. The van der Waals surface area contributed by atoms with E-state index in [9.17, 15) is 16.8 Å². The van der Waals surface area contributed by atoms with Crippen LogP contribution < -0.4 is 9.44 Å². The minimum absolute atomic E-state index is 0.0254. The fourth-order valence-electron chi connectivity index (χ4n) is 2.11. The molecule has 0 aliphatic heterocycles. The second-order valence-corrected chi connectivity index (χ2v) is 10.2. The number of anilines is 2. The minimum Gasteiger partial charge on any atom is -0.284 e. The van der Waals surface area contributed by atoms with E-state index in [0.717, 1.165) is 0 Å². The van der Waals surface area contributed by atoms with E-state index in [0.29, 0.717) is 17.1 Å². The van der Waals surface area contributed by atoms with Crippen LogP contribution in [0.2, 0.25) is 5.02 Å². The lowest BCUT2D eigenvalue weighted by atomic mass is 10.2. The van der Waals surface area contributed by atoms with Crippen LogP contribution in [0.1, 0.15) is 20.3 Å². The molecule has 0 aliphatic rings. The van der Waals surface area contributed by atoms with E-state index >= 15 is 0 Å². The molecule has 0 spiro atoms. The largest absolute Gasteiger partial charge is 0.284 e. The normalized spacial score (nSPS) is 12.2. The SMILES string of the molecule is CC(C)CCS(=O)(=O)Nc1cccc(S(=O)(=O)Nc2cccc(Cl)c2)c1. The minimum atomic E-state index is -3.88. The molecule has 2 aromatic rings. The molecule has 2 N–H and O–H groups in total. The van der Waals surface area contributed by atoms with Crippen molar-refractivity contribution in [1.29, 1.82) is 0 Å². The summed E-state index contributed by atoms with van der Waals surface area (Å²) in [6.07, 6.45) is 0.518. The highest BCUT2D eigenvalue weighted by atomic mass is 35.5. The first-order valence-electron chi connectivity index (χ1n) is 7.96. The molecule has 0 aromatic heterocycles. The molecular formula is C17H21ClN2O4S2. The Morgan fingerprint density at radius 1 is 0.923 bits per heavy atom. The van der Waals surface area contributed by atoms with Crippen LogP contribution in [0.3, 0.4) is 0 Å². The quantitative estimate of drug-likeness (QED) is 0.681. The van der Waals surface area contributed by atoms with Crippen LogP contribution in [-0.4, -0.2) is 22.6 Å². The maximum Gasteiger partial charge on any atom is 0.261 e. The van der Waals surface area contributed by atoms with Crippen molar-refractivity contribution >= 4 is 43.0 Å². The standard InChI is InChI=1S/C17H21ClN2O4S2/c1-13(2)9-10-25(21,22)19-16-7-4-8-17(12-16)26(23,24)20-15-6-3-5-14(18)11-15/h3-8,11-13,19-20H,9-10H2,1-2H3. The van der Waals surface area contributed by atoms with E-state index in [1.165, 1.54) is 30.3 Å². The third-order valence-electron chi connectivity index (χ3n) is 3.46. The average molecular weight is 417 g/mol. The molecule has 0 atom stereocenters. The second-order valence-electron chi connectivity index (χ2n) is 6.25. The van der Waals surface area contributed by atoms with Crippen molar-refractivity contribution in [3.05, 3.63) is 53.6 Å². The number of benzene rings is 2. The Labute approximate surface area is 159 Å². The average Bonchev–Trinajstić information content (AvgIpc) is 2.52. The first-order valence-corrected chi connectivity index (χ1v) is 11.5. The van der Waals surface area contributed by atoms with Gasteiger partial charge in [0.15, 0.2) is 0 Å². The lowest BCUT2D eigenvalue weighted by Gasteiger charge is -2.12. The zero-order chi connectivity index (χ0) is 19.4. The first kappa shape index (κ1) is 20.5. The van der Waals surface area contributed by atoms with Crippen LogP contribution in [0.4, 0.5) is 11.4 Å². The van der Waals surface area contributed by atoms with Gasteiger partial charge < -0.3 is 0 Å². The molecule has 0 saturated heterocycles. The van der Waals surface area contributed by atoms with E-state index in [1.807, 2.05) is 13.8 Å². The lowest BCUT2D eigenvalue weighted by Crippen LogP contribution is -2.18. The topological polar surface area (TPSA) is 92.3 Å². The molecule has 142 valence electrons. The number of hydrogen-bond acceptors (Lipinski definition) is 4. The van der Waals surface area contributed by atoms with Crippen LogP contribution in [0, 0.1) is 5.92 Å². The Hall–Kier alpha value is -1.77. The van der Waals surface area contributed by atoms with E-state index in [4.69, 9.17) is 11.6 Å². The first-order chi connectivity index (χ1) is 12.1. The highest BCUT2D eigenvalue weighted by Gasteiger charge is 2.17. The predicted molar refractivity (Wildman–Crippen MR) is 106 cm³/mol. The Bertz CT molecular complexity index is 974. The zero-order valence-electron chi connectivity index (χ0n) is 14.4. The summed E-state index contributed by atoms with van der Waals surface area (Å²) >= 11 is 5.86. The van der Waals surface area contributed by atoms with Gasteiger partial charge in [-0.1, -0.05) is 37.6 Å². The molecule has 0 aliphatic carbocycles. The van der Waals surface area contributed by atoms with Crippen LogP contribution >= 0.6 is 11.6 Å². The fourth-order valence-corrected chi connectivity index (χ4v) is 4.77. The van der Waals surface area contributed by atoms with Crippen molar-refractivity contribution in [3.8, 4) is 0 Å². The van der Waals surface area contributed by atoms with E-state index in [1.54, 1.807) is 18.2 Å². The number of sulfonamides is 2. The highest BCUT2D eigenvalue weighted by Crippen LogP contribution is 2.22. The summed E-state index contributed by atoms with van der Waals surface area (Å²) in [5.41, 5.74) is 0.517. The van der Waals surface area contributed by atoms with Crippen molar-refractivity contribution < 1.29 is 16.8 Å². The van der Waals surface area contributed by atoms with Gasteiger partial charge >= 0.3 is 0 Å². The van der Waals surface area contributed by atoms with Gasteiger partial charge in [-0.2, -0.15) is 0 Å². The van der Waals surface area contributed by atoms with Crippen LogP contribution in [0.15, 0.2) is 53.4 Å². The van der Waals surface area contributed by atoms with Gasteiger partial charge in [0, 0.05) is 10.7 Å². The smallest absolute Gasteiger partial charge is 0.261 e. The summed E-state index contributed by atoms with van der Waals surface area (Å²) in [7, 11) is -7.42. The number of rotatable bonds is 8. The third kappa shape index (κ3) is 6.19. The monoisotopic (exact) mass is 416 g/mol. The molecule has 0 radical (unpaired) electrons. The summed E-state index contributed by atoms with van der Waals surface area (Å²) < 4.78 is 54.1.